The van der Waals surface area contributed by atoms with Gasteiger partial charge in [-0.1, -0.05) is 25.1 Å². The van der Waals surface area contributed by atoms with Crippen LogP contribution < -0.4 is 10.5 Å². The van der Waals surface area contributed by atoms with E-state index in [-0.39, 0.29) is 36.8 Å². The Morgan fingerprint density at radius 1 is 1.32 bits per heavy atom. The fraction of sp³-hybridized carbons (Fsp3) is 0.368. The van der Waals surface area contributed by atoms with Gasteiger partial charge in [0.05, 0.1) is 25.1 Å². The van der Waals surface area contributed by atoms with Gasteiger partial charge in [-0.05, 0) is 18.6 Å². The lowest BCUT2D eigenvalue weighted by Gasteiger charge is -2.18. The molecule has 9 nitrogen and oxygen atoms in total. The van der Waals surface area contributed by atoms with Gasteiger partial charge in [0.1, 0.15) is 12.8 Å². The number of nitrogens with two attached hydrogens (primary N) is 1. The number of carbonyl (C=O) groups excluding carboxylic acids is 1. The van der Waals surface area contributed by atoms with Gasteiger partial charge in [0, 0.05) is 5.92 Å². The van der Waals surface area contributed by atoms with Crippen molar-refractivity contribution in [1.82, 2.24) is 19.5 Å². The maximum atomic E-state index is 12.1. The quantitative estimate of drug-likeness (QED) is 0.667. The Hall–Kier alpha value is -3.20. The number of fused-ring (bicyclic) bond motifs is 1. The fourth-order valence-electron chi connectivity index (χ4n) is 3.43. The zero-order chi connectivity index (χ0) is 19.7. The Balaban J connectivity index is 1.48. The lowest BCUT2D eigenvalue weighted by Crippen LogP contribution is -2.19. The molecule has 0 radical (unpaired) electrons. The maximum absolute atomic E-state index is 12.1. The molecule has 2 N–H and O–H groups in total. The smallest absolute Gasteiger partial charge is 0.338 e. The first kappa shape index (κ1) is 18.2. The van der Waals surface area contributed by atoms with E-state index in [1.54, 1.807) is 30.6 Å². The zero-order valence-corrected chi connectivity index (χ0v) is 15.6. The predicted molar refractivity (Wildman–Crippen MR) is 101 cm³/mol. The number of methoxy groups -OCH3 is 1. The molecule has 0 spiro atoms. The summed E-state index contributed by atoms with van der Waals surface area (Å²) in [4.78, 5) is 24.8. The van der Waals surface area contributed by atoms with Gasteiger partial charge >= 0.3 is 5.97 Å². The lowest BCUT2D eigenvalue weighted by atomic mass is 10.1. The van der Waals surface area contributed by atoms with Crippen LogP contribution in [0.25, 0.3) is 11.2 Å². The molecule has 4 rings (SSSR count). The lowest BCUT2D eigenvalue weighted by molar-refractivity contribution is -0.0376. The second-order valence-corrected chi connectivity index (χ2v) is 6.74. The SMILES string of the molecule is COc1nc(N)nc2c1ncn2C1OC(COC(=O)c2ccccc2)CC1C. The summed E-state index contributed by atoms with van der Waals surface area (Å²) in [5.41, 5.74) is 7.37. The molecule has 9 heteroatoms. The van der Waals surface area contributed by atoms with Crippen LogP contribution in [0.5, 0.6) is 5.88 Å². The second kappa shape index (κ2) is 7.43. The highest BCUT2D eigenvalue weighted by molar-refractivity contribution is 5.89. The third-order valence-corrected chi connectivity index (χ3v) is 4.74. The molecule has 28 heavy (non-hydrogen) atoms. The molecule has 3 aromatic rings. The molecule has 0 amide bonds. The summed E-state index contributed by atoms with van der Waals surface area (Å²) >= 11 is 0. The molecule has 0 saturated carbocycles. The summed E-state index contributed by atoms with van der Waals surface area (Å²) in [6.07, 6.45) is 1.86. The van der Waals surface area contributed by atoms with Crippen LogP contribution in [0.15, 0.2) is 36.7 Å². The van der Waals surface area contributed by atoms with Gasteiger partial charge in [0.25, 0.3) is 0 Å². The van der Waals surface area contributed by atoms with Crippen molar-refractivity contribution in [2.75, 3.05) is 19.5 Å². The van der Waals surface area contributed by atoms with Crippen molar-refractivity contribution in [3.8, 4) is 5.88 Å². The monoisotopic (exact) mass is 383 g/mol. The van der Waals surface area contributed by atoms with Gasteiger partial charge in [-0.25, -0.2) is 9.78 Å². The van der Waals surface area contributed by atoms with E-state index in [4.69, 9.17) is 19.9 Å². The minimum absolute atomic E-state index is 0.102. The van der Waals surface area contributed by atoms with Crippen LogP contribution in [0.1, 0.15) is 29.9 Å². The van der Waals surface area contributed by atoms with Crippen LogP contribution in [-0.2, 0) is 9.47 Å². The molecule has 3 unspecified atom stereocenters. The van der Waals surface area contributed by atoms with E-state index >= 15 is 0 Å². The number of benzene rings is 1. The molecule has 1 saturated heterocycles. The Labute approximate surface area is 161 Å². The molecule has 1 aromatic carbocycles. The molecule has 3 atom stereocenters. The first-order chi connectivity index (χ1) is 13.6. The van der Waals surface area contributed by atoms with E-state index in [1.165, 1.54) is 7.11 Å². The van der Waals surface area contributed by atoms with Crippen LogP contribution >= 0.6 is 0 Å². The molecule has 1 aliphatic heterocycles. The number of rotatable bonds is 5. The summed E-state index contributed by atoms with van der Waals surface area (Å²) in [6.45, 7) is 2.25. The first-order valence-corrected chi connectivity index (χ1v) is 8.98. The molecule has 146 valence electrons. The average Bonchev–Trinajstić information content (AvgIpc) is 3.29. The Morgan fingerprint density at radius 3 is 2.86 bits per heavy atom. The van der Waals surface area contributed by atoms with Crippen LogP contribution in [0.3, 0.4) is 0 Å². The van der Waals surface area contributed by atoms with Gasteiger partial charge in [0.15, 0.2) is 11.2 Å². The van der Waals surface area contributed by atoms with E-state index in [2.05, 4.69) is 21.9 Å². The standard InChI is InChI=1S/C19H21N5O4/c1-11-8-13(9-27-18(25)12-6-4-3-5-7-12)28-17(11)24-10-21-14-15(24)22-19(20)23-16(14)26-2/h3-7,10-11,13,17H,8-9H2,1-2H3,(H2,20,22,23). The molecule has 1 fully saturated rings. The number of esters is 1. The molecule has 3 heterocycles. The van der Waals surface area contributed by atoms with Gasteiger partial charge < -0.3 is 19.9 Å². The largest absolute Gasteiger partial charge is 0.479 e. The van der Waals surface area contributed by atoms with Crippen LogP contribution in [0.4, 0.5) is 5.95 Å². The molecule has 0 bridgehead atoms. The van der Waals surface area contributed by atoms with E-state index in [0.717, 1.165) is 6.42 Å². The van der Waals surface area contributed by atoms with E-state index in [9.17, 15) is 4.79 Å². The number of imidazole rings is 1. The van der Waals surface area contributed by atoms with Crippen molar-refractivity contribution in [3.63, 3.8) is 0 Å². The van der Waals surface area contributed by atoms with Crippen molar-refractivity contribution in [3.05, 3.63) is 42.2 Å². The highest BCUT2D eigenvalue weighted by atomic mass is 16.6. The number of carbonyl (C=O) groups is 1. The fourth-order valence-corrected chi connectivity index (χ4v) is 3.43. The van der Waals surface area contributed by atoms with Crippen molar-refractivity contribution >= 4 is 23.1 Å². The number of ether oxygens (including phenoxy) is 3. The highest BCUT2D eigenvalue weighted by Gasteiger charge is 2.35. The van der Waals surface area contributed by atoms with E-state index < -0.39 is 0 Å². The molecule has 1 aliphatic rings. The second-order valence-electron chi connectivity index (χ2n) is 6.74. The minimum Gasteiger partial charge on any atom is -0.479 e. The zero-order valence-electron chi connectivity index (χ0n) is 15.6. The number of aromatic nitrogens is 4. The normalized spacial score (nSPS) is 21.7. The van der Waals surface area contributed by atoms with Crippen molar-refractivity contribution in [1.29, 1.82) is 0 Å². The van der Waals surface area contributed by atoms with Gasteiger partial charge in [0.2, 0.25) is 11.8 Å². The number of nitrogens with zero attached hydrogens (tertiary/aromatic N) is 4. The predicted octanol–water partition coefficient (Wildman–Crippen LogP) is 2.20. The summed E-state index contributed by atoms with van der Waals surface area (Å²) in [6, 6.07) is 8.89. The number of nitrogen functional groups attached to an aromatic ring is 1. The molecule has 2 aromatic heterocycles. The van der Waals surface area contributed by atoms with Gasteiger partial charge in [-0.2, -0.15) is 9.97 Å². The van der Waals surface area contributed by atoms with E-state index in [0.29, 0.717) is 22.6 Å². The van der Waals surface area contributed by atoms with Crippen LogP contribution in [0.2, 0.25) is 0 Å². The summed E-state index contributed by atoms with van der Waals surface area (Å²) in [7, 11) is 1.51. The molecular formula is C19H21N5O4. The molecule has 0 aliphatic carbocycles. The van der Waals surface area contributed by atoms with Crippen LogP contribution in [-0.4, -0.2) is 45.3 Å². The van der Waals surface area contributed by atoms with Gasteiger partial charge in [-0.15, -0.1) is 0 Å². The van der Waals surface area contributed by atoms with Crippen molar-refractivity contribution in [2.24, 2.45) is 5.92 Å². The molecular weight excluding hydrogens is 362 g/mol. The summed E-state index contributed by atoms with van der Waals surface area (Å²) in [5, 5.41) is 0. The number of anilines is 1. The Kier molecular flexibility index (Phi) is 4.82. The average molecular weight is 383 g/mol. The minimum atomic E-state index is -0.362. The summed E-state index contributed by atoms with van der Waals surface area (Å²) in [5.74, 6) is 0.226. The third kappa shape index (κ3) is 3.36. The number of hydrogen-bond donors (Lipinski definition) is 1. The van der Waals surface area contributed by atoms with Crippen molar-refractivity contribution < 1.29 is 19.0 Å². The van der Waals surface area contributed by atoms with Crippen LogP contribution in [0, 0.1) is 5.92 Å². The summed E-state index contributed by atoms with van der Waals surface area (Å²) < 4.78 is 18.6. The Bertz CT molecular complexity index is 991. The highest BCUT2D eigenvalue weighted by Crippen LogP contribution is 2.36. The topological polar surface area (TPSA) is 114 Å². The van der Waals surface area contributed by atoms with E-state index in [1.807, 2.05) is 10.6 Å². The maximum Gasteiger partial charge on any atom is 0.338 e. The third-order valence-electron chi connectivity index (χ3n) is 4.74. The van der Waals surface area contributed by atoms with Crippen molar-refractivity contribution in [2.45, 2.75) is 25.7 Å². The Morgan fingerprint density at radius 2 is 2.11 bits per heavy atom. The number of hydrogen-bond acceptors (Lipinski definition) is 8. The first-order valence-electron chi connectivity index (χ1n) is 8.98. The van der Waals surface area contributed by atoms with Gasteiger partial charge in [-0.3, -0.25) is 4.57 Å².